The van der Waals surface area contributed by atoms with Crippen LogP contribution in [0.4, 0.5) is 8.78 Å². The second-order valence-corrected chi connectivity index (χ2v) is 4.67. The van der Waals surface area contributed by atoms with E-state index in [0.717, 1.165) is 23.8 Å². The summed E-state index contributed by atoms with van der Waals surface area (Å²) < 4.78 is 28.8. The third-order valence-corrected chi connectivity index (χ3v) is 3.31. The molecule has 1 atom stereocenters. The van der Waals surface area contributed by atoms with Crippen LogP contribution >= 0.6 is 0 Å². The molecule has 0 saturated carbocycles. The van der Waals surface area contributed by atoms with Gasteiger partial charge in [-0.1, -0.05) is 30.3 Å². The van der Waals surface area contributed by atoms with Gasteiger partial charge in [0.05, 0.1) is 29.9 Å². The van der Waals surface area contributed by atoms with Gasteiger partial charge in [-0.05, 0) is 17.7 Å². The average Bonchev–Trinajstić information content (AvgIpc) is 2.99. The summed E-state index contributed by atoms with van der Waals surface area (Å²) in [4.78, 5) is 4.01. The molecule has 0 spiro atoms. The van der Waals surface area contributed by atoms with Gasteiger partial charge in [0, 0.05) is 6.07 Å². The lowest BCUT2D eigenvalue weighted by Crippen LogP contribution is -2.16. The number of nitrogens with zero attached hydrogens (tertiary/aromatic N) is 2. The Hall–Kier alpha value is -2.53. The summed E-state index contributed by atoms with van der Waals surface area (Å²) >= 11 is 0. The van der Waals surface area contributed by atoms with Gasteiger partial charge in [0.1, 0.15) is 11.6 Å². The van der Waals surface area contributed by atoms with Crippen LogP contribution in [0.1, 0.15) is 17.3 Å². The van der Waals surface area contributed by atoms with Crippen molar-refractivity contribution in [3.8, 4) is 5.69 Å². The standard InChI is InChI=1S/C16H13F2N3/c17-12-6-7-13(18)14(8-12)21-10-20-9-15(21)16(19)11-4-2-1-3-5-11/h1-10,16H,19H2. The molecule has 3 nitrogen and oxygen atoms in total. The molecule has 0 aliphatic carbocycles. The van der Waals surface area contributed by atoms with Crippen LogP contribution in [-0.2, 0) is 0 Å². The highest BCUT2D eigenvalue weighted by Crippen LogP contribution is 2.24. The van der Waals surface area contributed by atoms with E-state index in [0.29, 0.717) is 5.69 Å². The Morgan fingerprint density at radius 2 is 1.81 bits per heavy atom. The molecule has 2 aromatic carbocycles. The Kier molecular flexibility index (Phi) is 3.50. The molecule has 5 heteroatoms. The van der Waals surface area contributed by atoms with Crippen LogP contribution in [0.3, 0.4) is 0 Å². The van der Waals surface area contributed by atoms with Crippen molar-refractivity contribution in [3.05, 3.63) is 83.9 Å². The number of benzene rings is 2. The second-order valence-electron chi connectivity index (χ2n) is 4.67. The molecule has 3 aromatic rings. The van der Waals surface area contributed by atoms with Crippen molar-refractivity contribution in [1.82, 2.24) is 9.55 Å². The van der Waals surface area contributed by atoms with E-state index in [1.807, 2.05) is 30.3 Å². The Morgan fingerprint density at radius 3 is 2.57 bits per heavy atom. The van der Waals surface area contributed by atoms with Gasteiger partial charge in [0.25, 0.3) is 0 Å². The minimum absolute atomic E-state index is 0.0916. The zero-order valence-corrected chi connectivity index (χ0v) is 11.1. The molecule has 0 bridgehead atoms. The summed E-state index contributed by atoms with van der Waals surface area (Å²) in [7, 11) is 0. The molecule has 0 saturated heterocycles. The highest BCUT2D eigenvalue weighted by Gasteiger charge is 2.16. The van der Waals surface area contributed by atoms with Crippen molar-refractivity contribution >= 4 is 0 Å². The minimum Gasteiger partial charge on any atom is -0.319 e. The smallest absolute Gasteiger partial charge is 0.147 e. The van der Waals surface area contributed by atoms with Gasteiger partial charge in [0.15, 0.2) is 0 Å². The molecule has 1 heterocycles. The summed E-state index contributed by atoms with van der Waals surface area (Å²) in [5, 5.41) is 0. The summed E-state index contributed by atoms with van der Waals surface area (Å²) in [5.41, 5.74) is 7.76. The number of aromatic nitrogens is 2. The SMILES string of the molecule is NC(c1ccccc1)c1cncn1-c1cc(F)ccc1F. The molecular formula is C16H13F2N3. The van der Waals surface area contributed by atoms with Crippen molar-refractivity contribution in [2.24, 2.45) is 5.73 Å². The zero-order valence-electron chi connectivity index (χ0n) is 11.1. The lowest BCUT2D eigenvalue weighted by molar-refractivity contribution is 0.589. The first kappa shape index (κ1) is 13.5. The Balaban J connectivity index is 2.07. The Labute approximate surface area is 120 Å². The molecule has 0 radical (unpaired) electrons. The lowest BCUT2D eigenvalue weighted by Gasteiger charge is -2.15. The Morgan fingerprint density at radius 1 is 1.05 bits per heavy atom. The van der Waals surface area contributed by atoms with Gasteiger partial charge in [-0.2, -0.15) is 0 Å². The van der Waals surface area contributed by atoms with Crippen molar-refractivity contribution < 1.29 is 8.78 Å². The van der Waals surface area contributed by atoms with Crippen molar-refractivity contribution in [3.63, 3.8) is 0 Å². The van der Waals surface area contributed by atoms with E-state index in [4.69, 9.17) is 5.73 Å². The van der Waals surface area contributed by atoms with Gasteiger partial charge < -0.3 is 5.73 Å². The number of nitrogens with two attached hydrogens (primary N) is 1. The maximum absolute atomic E-state index is 13.9. The normalized spacial score (nSPS) is 12.3. The molecule has 2 N–H and O–H groups in total. The van der Waals surface area contributed by atoms with Gasteiger partial charge >= 0.3 is 0 Å². The van der Waals surface area contributed by atoms with E-state index >= 15 is 0 Å². The van der Waals surface area contributed by atoms with E-state index in [9.17, 15) is 8.78 Å². The molecule has 21 heavy (non-hydrogen) atoms. The zero-order chi connectivity index (χ0) is 14.8. The van der Waals surface area contributed by atoms with E-state index in [-0.39, 0.29) is 5.69 Å². The number of rotatable bonds is 3. The van der Waals surface area contributed by atoms with Crippen LogP contribution in [0.25, 0.3) is 5.69 Å². The predicted octanol–water partition coefficient (Wildman–Crippen LogP) is 3.20. The number of hydrogen-bond acceptors (Lipinski definition) is 2. The monoisotopic (exact) mass is 285 g/mol. The van der Waals surface area contributed by atoms with Crippen LogP contribution in [-0.4, -0.2) is 9.55 Å². The summed E-state index contributed by atoms with van der Waals surface area (Å²) in [5.74, 6) is -1.05. The quantitative estimate of drug-likeness (QED) is 0.803. The maximum Gasteiger partial charge on any atom is 0.147 e. The number of imidazole rings is 1. The predicted molar refractivity (Wildman–Crippen MR) is 76.0 cm³/mol. The summed E-state index contributed by atoms with van der Waals surface area (Å²) in [6, 6.07) is 12.2. The second kappa shape index (κ2) is 5.46. The maximum atomic E-state index is 13.9. The molecule has 1 aromatic heterocycles. The van der Waals surface area contributed by atoms with Crippen LogP contribution in [0.5, 0.6) is 0 Å². The number of halogens is 2. The average molecular weight is 285 g/mol. The fourth-order valence-corrected chi connectivity index (χ4v) is 2.24. The largest absolute Gasteiger partial charge is 0.319 e. The minimum atomic E-state index is -0.532. The van der Waals surface area contributed by atoms with E-state index < -0.39 is 17.7 Å². The van der Waals surface area contributed by atoms with Gasteiger partial charge in [0.2, 0.25) is 0 Å². The highest BCUT2D eigenvalue weighted by atomic mass is 19.1. The third-order valence-electron chi connectivity index (χ3n) is 3.31. The summed E-state index contributed by atoms with van der Waals surface area (Å²) in [6.45, 7) is 0. The fraction of sp³-hybridized carbons (Fsp3) is 0.0625. The van der Waals surface area contributed by atoms with Crippen molar-refractivity contribution in [2.75, 3.05) is 0 Å². The van der Waals surface area contributed by atoms with Crippen LogP contribution in [0.15, 0.2) is 61.1 Å². The third kappa shape index (κ3) is 2.55. The lowest BCUT2D eigenvalue weighted by atomic mass is 10.1. The molecule has 0 aliphatic heterocycles. The molecule has 0 fully saturated rings. The molecule has 106 valence electrons. The van der Waals surface area contributed by atoms with E-state index in [2.05, 4.69) is 4.98 Å². The van der Waals surface area contributed by atoms with Crippen LogP contribution in [0.2, 0.25) is 0 Å². The molecule has 0 aliphatic rings. The topological polar surface area (TPSA) is 43.8 Å². The first-order valence-corrected chi connectivity index (χ1v) is 6.45. The molecular weight excluding hydrogens is 272 g/mol. The highest BCUT2D eigenvalue weighted by molar-refractivity contribution is 5.38. The van der Waals surface area contributed by atoms with Crippen molar-refractivity contribution in [1.29, 1.82) is 0 Å². The molecule has 3 rings (SSSR count). The van der Waals surface area contributed by atoms with Crippen molar-refractivity contribution in [2.45, 2.75) is 6.04 Å². The van der Waals surface area contributed by atoms with Gasteiger partial charge in [-0.25, -0.2) is 13.8 Å². The van der Waals surface area contributed by atoms with E-state index in [1.165, 1.54) is 10.9 Å². The van der Waals surface area contributed by atoms with Gasteiger partial charge in [-0.3, -0.25) is 4.57 Å². The molecule has 0 amide bonds. The fourth-order valence-electron chi connectivity index (χ4n) is 2.24. The summed E-state index contributed by atoms with van der Waals surface area (Å²) in [6.07, 6.45) is 2.98. The van der Waals surface area contributed by atoms with E-state index in [1.54, 1.807) is 6.20 Å². The first-order chi connectivity index (χ1) is 10.2. The van der Waals surface area contributed by atoms with Crippen LogP contribution < -0.4 is 5.73 Å². The molecule has 1 unspecified atom stereocenters. The Bertz CT molecular complexity index is 753. The van der Waals surface area contributed by atoms with Gasteiger partial charge in [-0.15, -0.1) is 0 Å². The van der Waals surface area contributed by atoms with Crippen LogP contribution in [0, 0.1) is 11.6 Å². The first-order valence-electron chi connectivity index (χ1n) is 6.45. The number of hydrogen-bond donors (Lipinski definition) is 1.